The van der Waals surface area contributed by atoms with Gasteiger partial charge in [0.05, 0.1) is 39.5 Å². The third kappa shape index (κ3) is 9.10. The number of ether oxygens (including phenoxy) is 3. The van der Waals surface area contributed by atoms with Crippen molar-refractivity contribution in [2.45, 2.75) is 52.2 Å². The quantitative estimate of drug-likeness (QED) is 0.150. The molecule has 0 saturated carbocycles. The molecule has 3 aromatic carbocycles. The van der Waals surface area contributed by atoms with Gasteiger partial charge in [-0.3, -0.25) is 0 Å². The highest BCUT2D eigenvalue weighted by molar-refractivity contribution is 6.09. The second-order valence-electron chi connectivity index (χ2n) is 8.45. The summed E-state index contributed by atoms with van der Waals surface area (Å²) in [5.41, 5.74) is 2.82. The lowest BCUT2D eigenvalue weighted by Gasteiger charge is -2.16. The van der Waals surface area contributed by atoms with Crippen molar-refractivity contribution in [3.8, 4) is 17.2 Å². The predicted octanol–water partition coefficient (Wildman–Crippen LogP) is 6.58. The maximum absolute atomic E-state index is 5.73. The molecule has 0 amide bonds. The lowest BCUT2D eigenvalue weighted by atomic mass is 10.2. The van der Waals surface area contributed by atoms with Crippen LogP contribution in [0.3, 0.4) is 0 Å². The highest BCUT2D eigenvalue weighted by Crippen LogP contribution is 2.27. The summed E-state index contributed by atoms with van der Waals surface area (Å²) >= 11 is 0. The highest BCUT2D eigenvalue weighted by atomic mass is 28.1. The van der Waals surface area contributed by atoms with Crippen LogP contribution in [0.1, 0.15) is 37.5 Å². The molecule has 0 fully saturated rings. The van der Waals surface area contributed by atoms with Gasteiger partial charge in [0.2, 0.25) is 0 Å². The molecule has 0 unspecified atom stereocenters. The van der Waals surface area contributed by atoms with Gasteiger partial charge in [-0.05, 0) is 39.0 Å². The fourth-order valence-electron chi connectivity index (χ4n) is 3.74. The van der Waals surface area contributed by atoms with Crippen LogP contribution in [0.5, 0.6) is 17.2 Å². The van der Waals surface area contributed by atoms with E-state index in [9.17, 15) is 0 Å². The van der Waals surface area contributed by atoms with Crippen LogP contribution in [-0.2, 0) is 19.6 Å². The summed E-state index contributed by atoms with van der Waals surface area (Å²) in [7, 11) is 0.770. The Morgan fingerprint density at radius 2 is 0.846 bits per heavy atom. The molecule has 0 aromatic heterocycles. The SMILES string of the molecule is CCOc1ccccc1CN=NC(C[SiH3])(N=NCc1ccccc1OCC)N=NCc1ccccc1OCC. The van der Waals surface area contributed by atoms with E-state index in [4.69, 9.17) is 14.2 Å². The van der Waals surface area contributed by atoms with E-state index >= 15 is 0 Å². The van der Waals surface area contributed by atoms with Gasteiger partial charge >= 0.3 is 0 Å². The Hall–Kier alpha value is -3.92. The molecular formula is C29H38N6O3Si. The number of hydrogen-bond donors (Lipinski definition) is 0. The van der Waals surface area contributed by atoms with E-state index < -0.39 is 5.79 Å². The van der Waals surface area contributed by atoms with Gasteiger partial charge in [0.15, 0.2) is 0 Å². The first-order chi connectivity index (χ1) is 19.1. The second kappa shape index (κ2) is 16.1. The summed E-state index contributed by atoms with van der Waals surface area (Å²) in [6, 6.07) is 24.0. The molecule has 0 saturated heterocycles. The molecule has 39 heavy (non-hydrogen) atoms. The summed E-state index contributed by atoms with van der Waals surface area (Å²) in [5, 5.41) is 27.2. The topological polar surface area (TPSA) is 102 Å². The molecule has 3 rings (SSSR count). The van der Waals surface area contributed by atoms with Gasteiger partial charge in [-0.2, -0.15) is 15.3 Å². The van der Waals surface area contributed by atoms with Crippen LogP contribution < -0.4 is 14.2 Å². The number of para-hydroxylation sites is 3. The number of azo groups is 3. The molecule has 0 N–H and O–H groups in total. The van der Waals surface area contributed by atoms with Crippen LogP contribution in [0.25, 0.3) is 0 Å². The third-order valence-electron chi connectivity index (χ3n) is 5.71. The fraction of sp³-hybridized carbons (Fsp3) is 0.379. The Kier molecular flexibility index (Phi) is 12.3. The van der Waals surface area contributed by atoms with Crippen LogP contribution in [0, 0.1) is 0 Å². The summed E-state index contributed by atoms with van der Waals surface area (Å²) < 4.78 is 17.2. The molecule has 0 aliphatic carbocycles. The molecule has 0 heterocycles. The lowest BCUT2D eigenvalue weighted by molar-refractivity contribution is 0.335. The number of benzene rings is 3. The minimum absolute atomic E-state index is 0.338. The summed E-state index contributed by atoms with van der Waals surface area (Å²) in [4.78, 5) is 0. The first-order valence-electron chi connectivity index (χ1n) is 13.4. The van der Waals surface area contributed by atoms with Crippen molar-refractivity contribution in [1.82, 2.24) is 0 Å². The Labute approximate surface area is 233 Å². The van der Waals surface area contributed by atoms with Crippen LogP contribution >= 0.6 is 0 Å². The van der Waals surface area contributed by atoms with E-state index in [1.54, 1.807) is 0 Å². The Balaban J connectivity index is 1.86. The first kappa shape index (κ1) is 29.6. The van der Waals surface area contributed by atoms with E-state index in [0.29, 0.717) is 45.5 Å². The van der Waals surface area contributed by atoms with E-state index in [1.165, 1.54) is 0 Å². The minimum Gasteiger partial charge on any atom is -0.494 e. The van der Waals surface area contributed by atoms with Crippen molar-refractivity contribution in [3.63, 3.8) is 0 Å². The van der Waals surface area contributed by atoms with Gasteiger partial charge in [-0.1, -0.05) is 54.6 Å². The number of hydrogen-bond acceptors (Lipinski definition) is 9. The molecule has 0 radical (unpaired) electrons. The van der Waals surface area contributed by atoms with Crippen molar-refractivity contribution in [2.24, 2.45) is 30.7 Å². The predicted molar refractivity (Wildman–Crippen MR) is 156 cm³/mol. The fourth-order valence-corrected chi connectivity index (χ4v) is 4.16. The van der Waals surface area contributed by atoms with Gasteiger partial charge in [-0.25, -0.2) is 0 Å². The first-order valence-corrected chi connectivity index (χ1v) is 14.8. The van der Waals surface area contributed by atoms with E-state index in [2.05, 4.69) is 30.7 Å². The van der Waals surface area contributed by atoms with Gasteiger partial charge in [0.1, 0.15) is 17.2 Å². The van der Waals surface area contributed by atoms with Crippen molar-refractivity contribution in [1.29, 1.82) is 0 Å². The van der Waals surface area contributed by atoms with Gasteiger partial charge < -0.3 is 14.2 Å². The normalized spacial score (nSPS) is 13.3. The van der Waals surface area contributed by atoms with E-state index in [-0.39, 0.29) is 0 Å². The van der Waals surface area contributed by atoms with Crippen LogP contribution in [-0.4, -0.2) is 35.8 Å². The third-order valence-corrected chi connectivity index (χ3v) is 6.66. The summed E-state index contributed by atoms with van der Waals surface area (Å²) in [6.45, 7) is 8.62. The minimum atomic E-state index is -1.23. The molecule has 0 atom stereocenters. The number of nitrogens with zero attached hydrogens (tertiary/aromatic N) is 6. The average Bonchev–Trinajstić information content (AvgIpc) is 2.96. The standard InChI is InChI=1S/C29H38N6O3Si/c1-4-36-26-16-10-7-13-23(26)19-30-33-29(22-39,34-31-20-24-14-8-11-17-27(24)37-5-2)35-32-21-25-15-9-12-18-28(25)38-6-3/h7-18H,4-6,19-22H2,1-3,39H3. The second-order valence-corrected chi connectivity index (χ2v) is 9.16. The van der Waals surface area contributed by atoms with Crippen molar-refractivity contribution in [3.05, 3.63) is 89.5 Å². The monoisotopic (exact) mass is 546 g/mol. The zero-order valence-corrected chi connectivity index (χ0v) is 25.3. The van der Waals surface area contributed by atoms with Gasteiger partial charge in [0, 0.05) is 33.0 Å². The Morgan fingerprint density at radius 1 is 0.538 bits per heavy atom. The maximum atomic E-state index is 5.73. The molecule has 9 nitrogen and oxygen atoms in total. The molecule has 0 bridgehead atoms. The average molecular weight is 547 g/mol. The Bertz CT molecular complexity index is 1100. The highest BCUT2D eigenvalue weighted by Gasteiger charge is 2.27. The van der Waals surface area contributed by atoms with Crippen molar-refractivity contribution < 1.29 is 14.2 Å². The largest absolute Gasteiger partial charge is 0.494 e. The zero-order valence-electron chi connectivity index (χ0n) is 23.3. The molecule has 10 heteroatoms. The molecule has 206 valence electrons. The lowest BCUT2D eigenvalue weighted by Crippen LogP contribution is -2.19. The van der Waals surface area contributed by atoms with Crippen LogP contribution in [0.2, 0.25) is 6.04 Å². The van der Waals surface area contributed by atoms with Gasteiger partial charge in [-0.15, -0.1) is 15.3 Å². The molecular weight excluding hydrogens is 508 g/mol. The van der Waals surface area contributed by atoms with Crippen molar-refractivity contribution >= 4 is 10.2 Å². The zero-order chi connectivity index (χ0) is 27.8. The van der Waals surface area contributed by atoms with E-state index in [1.807, 2.05) is 93.6 Å². The smallest absolute Gasteiger partial charge is 0.295 e. The number of rotatable bonds is 16. The van der Waals surface area contributed by atoms with Crippen LogP contribution in [0.4, 0.5) is 0 Å². The van der Waals surface area contributed by atoms with Crippen LogP contribution in [0.15, 0.2) is 103 Å². The van der Waals surface area contributed by atoms with Crippen molar-refractivity contribution in [2.75, 3.05) is 19.8 Å². The van der Waals surface area contributed by atoms with Gasteiger partial charge in [0.25, 0.3) is 5.79 Å². The summed E-state index contributed by atoms with van der Waals surface area (Å²) in [6.07, 6.45) is 0. The van der Waals surface area contributed by atoms with E-state index in [0.717, 1.165) is 44.2 Å². The molecule has 0 spiro atoms. The summed E-state index contributed by atoms with van der Waals surface area (Å²) in [5.74, 6) is 1.14. The molecule has 0 aliphatic heterocycles. The molecule has 0 aliphatic rings. The maximum Gasteiger partial charge on any atom is 0.295 e. The molecule has 3 aromatic rings. The Morgan fingerprint density at radius 3 is 1.13 bits per heavy atom.